The minimum absolute atomic E-state index is 0.177. The number of allylic oxidation sites excluding steroid dienone is 1. The molecule has 0 radical (unpaired) electrons. The third kappa shape index (κ3) is 15.1. The Morgan fingerprint density at radius 1 is 0.882 bits per heavy atom. The largest absolute Gasteiger partial charge is 0.478 e. The molecule has 1 N–H and O–H groups in total. The summed E-state index contributed by atoms with van der Waals surface area (Å²) in [5.41, 5.74) is 0. The number of alkyl halides is 1. The summed E-state index contributed by atoms with van der Waals surface area (Å²) in [7, 11) is 0. The second-order valence-corrected chi connectivity index (χ2v) is 4.40. The van der Waals surface area contributed by atoms with E-state index in [2.05, 4.69) is 0 Å². The van der Waals surface area contributed by atoms with Crippen molar-refractivity contribution in [3.63, 3.8) is 0 Å². The summed E-state index contributed by atoms with van der Waals surface area (Å²) in [5.74, 6) is -0.863. The maximum atomic E-state index is 11.8. The van der Waals surface area contributed by atoms with Crippen LogP contribution in [-0.4, -0.2) is 17.8 Å². The van der Waals surface area contributed by atoms with Crippen LogP contribution in [0.2, 0.25) is 0 Å². The van der Waals surface area contributed by atoms with Gasteiger partial charge in [0, 0.05) is 6.08 Å². The Morgan fingerprint density at radius 2 is 1.35 bits per heavy atom. The highest BCUT2D eigenvalue weighted by molar-refractivity contribution is 5.79. The van der Waals surface area contributed by atoms with Gasteiger partial charge in [0.2, 0.25) is 0 Å². The van der Waals surface area contributed by atoms with Gasteiger partial charge in [0.25, 0.3) is 0 Å². The molecule has 0 atom stereocenters. The molecule has 0 amide bonds. The van der Waals surface area contributed by atoms with E-state index in [9.17, 15) is 9.18 Å². The first kappa shape index (κ1) is 16.1. The van der Waals surface area contributed by atoms with Crippen LogP contribution in [0.4, 0.5) is 4.39 Å². The van der Waals surface area contributed by atoms with Gasteiger partial charge in [0.05, 0.1) is 6.67 Å². The van der Waals surface area contributed by atoms with Gasteiger partial charge in [-0.25, -0.2) is 4.79 Å². The molecular formula is C14H25FO2. The molecule has 17 heavy (non-hydrogen) atoms. The lowest BCUT2D eigenvalue weighted by Crippen LogP contribution is -1.86. The van der Waals surface area contributed by atoms with E-state index in [0.717, 1.165) is 32.1 Å². The first-order valence-corrected chi connectivity index (χ1v) is 6.73. The Balaban J connectivity index is 3.01. The minimum Gasteiger partial charge on any atom is -0.478 e. The van der Waals surface area contributed by atoms with Crippen molar-refractivity contribution in [3.05, 3.63) is 12.2 Å². The number of unbranched alkanes of at least 4 members (excludes halogenated alkanes) is 9. The molecule has 0 aliphatic carbocycles. The maximum absolute atomic E-state index is 11.8. The number of aliphatic carboxylic acids is 1. The molecule has 0 aromatic rings. The zero-order chi connectivity index (χ0) is 12.8. The lowest BCUT2D eigenvalue weighted by molar-refractivity contribution is -0.131. The van der Waals surface area contributed by atoms with Gasteiger partial charge < -0.3 is 5.11 Å². The van der Waals surface area contributed by atoms with Crippen LogP contribution in [0.25, 0.3) is 0 Å². The van der Waals surface area contributed by atoms with Gasteiger partial charge in [-0.15, -0.1) is 0 Å². The minimum atomic E-state index is -0.863. The Labute approximate surface area is 104 Å². The summed E-state index contributed by atoms with van der Waals surface area (Å²) >= 11 is 0. The predicted octanol–water partition coefficient (Wildman–Crippen LogP) is 4.50. The zero-order valence-electron chi connectivity index (χ0n) is 10.7. The van der Waals surface area contributed by atoms with E-state index in [1.807, 2.05) is 0 Å². The van der Waals surface area contributed by atoms with Crippen molar-refractivity contribution in [2.45, 2.75) is 64.2 Å². The lowest BCUT2D eigenvalue weighted by Gasteiger charge is -2.00. The van der Waals surface area contributed by atoms with E-state index < -0.39 is 5.97 Å². The summed E-state index contributed by atoms with van der Waals surface area (Å²) in [6.07, 6.45) is 13.9. The summed E-state index contributed by atoms with van der Waals surface area (Å²) in [5, 5.41) is 8.36. The fourth-order valence-corrected chi connectivity index (χ4v) is 1.78. The number of carboxylic acid groups (broad SMARTS) is 1. The van der Waals surface area contributed by atoms with Crippen molar-refractivity contribution in [3.8, 4) is 0 Å². The summed E-state index contributed by atoms with van der Waals surface area (Å²) in [4.78, 5) is 10.2. The molecule has 0 spiro atoms. The van der Waals surface area contributed by atoms with Gasteiger partial charge in [-0.1, -0.05) is 51.0 Å². The van der Waals surface area contributed by atoms with Gasteiger partial charge >= 0.3 is 5.97 Å². The van der Waals surface area contributed by atoms with Crippen LogP contribution >= 0.6 is 0 Å². The molecule has 0 unspecified atom stereocenters. The average molecular weight is 244 g/mol. The van der Waals surface area contributed by atoms with E-state index in [4.69, 9.17) is 5.11 Å². The Morgan fingerprint density at radius 3 is 1.82 bits per heavy atom. The van der Waals surface area contributed by atoms with Crippen LogP contribution < -0.4 is 0 Å². The van der Waals surface area contributed by atoms with Crippen molar-refractivity contribution in [1.29, 1.82) is 0 Å². The normalized spacial score (nSPS) is 11.1. The molecule has 3 heteroatoms. The van der Waals surface area contributed by atoms with Crippen LogP contribution in [0.1, 0.15) is 64.2 Å². The highest BCUT2D eigenvalue weighted by Crippen LogP contribution is 2.10. The van der Waals surface area contributed by atoms with Crippen LogP contribution in [0.3, 0.4) is 0 Å². The molecule has 0 aliphatic rings. The number of hydrogen-bond donors (Lipinski definition) is 1. The number of halogens is 1. The second-order valence-electron chi connectivity index (χ2n) is 4.40. The second kappa shape index (κ2) is 13.2. The SMILES string of the molecule is O=C(O)C=CCCCCCCCCCCCF. The van der Waals surface area contributed by atoms with Gasteiger partial charge in [0.15, 0.2) is 0 Å². The molecule has 0 saturated heterocycles. The van der Waals surface area contributed by atoms with Gasteiger partial charge in [-0.2, -0.15) is 0 Å². The van der Waals surface area contributed by atoms with E-state index in [-0.39, 0.29) is 6.67 Å². The number of hydrogen-bond acceptors (Lipinski definition) is 1. The molecule has 0 heterocycles. The fraction of sp³-hybridized carbons (Fsp3) is 0.786. The monoisotopic (exact) mass is 244 g/mol. The van der Waals surface area contributed by atoms with Crippen LogP contribution in [-0.2, 0) is 4.79 Å². The van der Waals surface area contributed by atoms with Gasteiger partial charge in [-0.05, 0) is 19.3 Å². The van der Waals surface area contributed by atoms with Crippen molar-refractivity contribution >= 4 is 5.97 Å². The Kier molecular flexibility index (Phi) is 12.5. The molecule has 0 rings (SSSR count). The zero-order valence-corrected chi connectivity index (χ0v) is 10.7. The van der Waals surface area contributed by atoms with Crippen molar-refractivity contribution in [2.75, 3.05) is 6.67 Å². The molecule has 0 bridgehead atoms. The highest BCUT2D eigenvalue weighted by atomic mass is 19.1. The molecule has 2 nitrogen and oxygen atoms in total. The van der Waals surface area contributed by atoms with Crippen LogP contribution in [0, 0.1) is 0 Å². The molecule has 0 aromatic heterocycles. The average Bonchev–Trinajstić information content (AvgIpc) is 2.30. The van der Waals surface area contributed by atoms with Crippen LogP contribution in [0.15, 0.2) is 12.2 Å². The summed E-state index contributed by atoms with van der Waals surface area (Å²) in [6.45, 7) is -0.177. The van der Waals surface area contributed by atoms with Gasteiger partial charge in [-0.3, -0.25) is 4.39 Å². The molecule has 0 fully saturated rings. The highest BCUT2D eigenvalue weighted by Gasteiger charge is 1.92. The van der Waals surface area contributed by atoms with E-state index in [0.29, 0.717) is 0 Å². The Bertz CT molecular complexity index is 202. The molecule has 0 saturated carbocycles. The first-order valence-electron chi connectivity index (χ1n) is 6.73. The van der Waals surface area contributed by atoms with Crippen molar-refractivity contribution in [1.82, 2.24) is 0 Å². The Hall–Kier alpha value is -0.860. The number of rotatable bonds is 12. The van der Waals surface area contributed by atoms with E-state index in [1.54, 1.807) is 6.08 Å². The topological polar surface area (TPSA) is 37.3 Å². The van der Waals surface area contributed by atoms with Crippen LogP contribution in [0.5, 0.6) is 0 Å². The summed E-state index contributed by atoms with van der Waals surface area (Å²) < 4.78 is 11.8. The number of carbonyl (C=O) groups is 1. The summed E-state index contributed by atoms with van der Waals surface area (Å²) in [6, 6.07) is 0. The predicted molar refractivity (Wildman–Crippen MR) is 68.9 cm³/mol. The molecule has 100 valence electrons. The fourth-order valence-electron chi connectivity index (χ4n) is 1.78. The lowest BCUT2D eigenvalue weighted by atomic mass is 10.1. The smallest absolute Gasteiger partial charge is 0.327 e. The van der Waals surface area contributed by atoms with E-state index >= 15 is 0 Å². The molecular weight excluding hydrogens is 219 g/mol. The van der Waals surface area contributed by atoms with Gasteiger partial charge in [0.1, 0.15) is 0 Å². The van der Waals surface area contributed by atoms with E-state index in [1.165, 1.54) is 38.2 Å². The van der Waals surface area contributed by atoms with Crippen molar-refractivity contribution < 1.29 is 14.3 Å². The third-order valence-electron chi connectivity index (χ3n) is 2.76. The molecule has 0 aromatic carbocycles. The third-order valence-corrected chi connectivity index (χ3v) is 2.76. The molecule has 0 aliphatic heterocycles. The maximum Gasteiger partial charge on any atom is 0.327 e. The first-order chi connectivity index (χ1) is 8.27. The van der Waals surface area contributed by atoms with Crippen molar-refractivity contribution in [2.24, 2.45) is 0 Å². The standard InChI is InChI=1S/C14H25FO2/c15-13-11-9-7-5-3-1-2-4-6-8-10-12-14(16)17/h10,12H,1-9,11,13H2,(H,16,17). The number of carboxylic acids is 1. The quantitative estimate of drug-likeness (QED) is 0.405.